The molecule has 0 bridgehead atoms. The lowest BCUT2D eigenvalue weighted by Crippen LogP contribution is -2.43. The summed E-state index contributed by atoms with van der Waals surface area (Å²) >= 11 is 0. The Labute approximate surface area is 372 Å². The first-order chi connectivity index (χ1) is 29.0. The number of carbonyl (C=O) groups excluding carboxylic acids is 3. The van der Waals surface area contributed by atoms with Crippen molar-refractivity contribution >= 4 is 38.0 Å². The summed E-state index contributed by atoms with van der Waals surface area (Å²) in [7, 11) is 4.59. The second-order valence-electron chi connectivity index (χ2n) is 13.9. The molecule has 1 aliphatic rings. The molecule has 3 heterocycles. The van der Waals surface area contributed by atoms with Crippen molar-refractivity contribution in [1.29, 1.82) is 0 Å². The fourth-order valence-corrected chi connectivity index (χ4v) is 5.44. The van der Waals surface area contributed by atoms with Gasteiger partial charge in [-0.15, -0.1) is 16.6 Å². The van der Waals surface area contributed by atoms with E-state index in [1.54, 1.807) is 15.6 Å². The van der Waals surface area contributed by atoms with Gasteiger partial charge in [-0.3, -0.25) is 23.2 Å². The van der Waals surface area contributed by atoms with E-state index >= 15 is 0 Å². The van der Waals surface area contributed by atoms with Crippen LogP contribution in [0.2, 0.25) is 0 Å². The summed E-state index contributed by atoms with van der Waals surface area (Å²) in [5.74, 6) is 1.40. The monoisotopic (exact) mass is 929 g/mol. The van der Waals surface area contributed by atoms with Crippen LogP contribution in [0.5, 0.6) is 0 Å². The van der Waals surface area contributed by atoms with Crippen molar-refractivity contribution in [3.8, 4) is 12.3 Å². The Balaban J connectivity index is -0.000000777. The summed E-state index contributed by atoms with van der Waals surface area (Å²) in [6.07, 6.45) is 13.0. The molecular weight excluding hydrogens is 863 g/mol. The molecule has 356 valence electrons. The van der Waals surface area contributed by atoms with E-state index in [1.165, 1.54) is 18.2 Å². The highest BCUT2D eigenvalue weighted by atomic mass is 32.2. The van der Waals surface area contributed by atoms with Gasteiger partial charge in [-0.2, -0.15) is 8.42 Å². The van der Waals surface area contributed by atoms with Crippen molar-refractivity contribution < 1.29 is 44.4 Å². The Morgan fingerprint density at radius 1 is 0.952 bits per heavy atom. The molecule has 26 heteroatoms. The minimum absolute atomic E-state index is 0. The third-order valence-corrected chi connectivity index (χ3v) is 9.46. The average molecular weight is 930 g/mol. The number of carbonyl (C=O) groups is 3. The highest BCUT2D eigenvalue weighted by Gasteiger charge is 2.17. The first-order valence-electron chi connectivity index (χ1n) is 18.9. The van der Waals surface area contributed by atoms with Crippen LogP contribution in [0.1, 0.15) is 31.7 Å². The zero-order valence-electron chi connectivity index (χ0n) is 36.5. The maximum atomic E-state index is 11.1. The van der Waals surface area contributed by atoms with Crippen molar-refractivity contribution in [3.05, 3.63) is 72.2 Å². The van der Waals surface area contributed by atoms with Crippen LogP contribution in [-0.4, -0.2) is 183 Å². The second-order valence-corrected chi connectivity index (χ2v) is 17.2. The molecule has 0 atom stereocenters. The molecule has 0 radical (unpaired) electrons. The molecule has 1 fully saturated rings. The van der Waals surface area contributed by atoms with Gasteiger partial charge < -0.3 is 34.8 Å². The van der Waals surface area contributed by atoms with Crippen LogP contribution in [0.25, 0.3) is 10.4 Å². The van der Waals surface area contributed by atoms with Crippen LogP contribution in [0.15, 0.2) is 55.5 Å². The van der Waals surface area contributed by atoms with Crippen molar-refractivity contribution in [3.63, 3.8) is 0 Å². The van der Waals surface area contributed by atoms with Crippen LogP contribution in [0, 0.1) is 12.3 Å². The highest BCUT2D eigenvalue weighted by molar-refractivity contribution is 7.86. The molecule has 0 saturated carbocycles. The van der Waals surface area contributed by atoms with Crippen molar-refractivity contribution in [2.24, 2.45) is 5.11 Å². The SMILES string of the molecule is C.C#CCNC(=O)C=C.C=CC(=O)NCc1cn(CCN(C)C)nn1.C=CC(=O)NCc1cn(CC[N+](C)(C)CCCS(=O)(=O)[O-])nn1.CN(C)CCN=[N+]=[N-].O=S1(=O)CCCO1. The van der Waals surface area contributed by atoms with Crippen molar-refractivity contribution in [2.45, 2.75) is 46.4 Å². The molecule has 3 N–H and O–H groups in total. The van der Waals surface area contributed by atoms with Crippen molar-refractivity contribution in [2.75, 3.05) is 99.7 Å². The number of nitrogens with one attached hydrogen (secondary N) is 3. The Kier molecular flexibility index (Phi) is 34.3. The number of hydrogen-bond donors (Lipinski definition) is 3. The largest absolute Gasteiger partial charge is 0.748 e. The number of terminal acetylenes is 1. The lowest BCUT2D eigenvalue weighted by atomic mass is 10.3. The summed E-state index contributed by atoms with van der Waals surface area (Å²) in [5.41, 5.74) is 9.20. The maximum absolute atomic E-state index is 11.1. The summed E-state index contributed by atoms with van der Waals surface area (Å²) in [6.45, 7) is 16.2. The molecule has 24 nitrogen and oxygen atoms in total. The van der Waals surface area contributed by atoms with Gasteiger partial charge >= 0.3 is 0 Å². The molecule has 2 aromatic rings. The maximum Gasteiger partial charge on any atom is 0.267 e. The minimum atomic E-state index is -4.15. The molecular formula is C37H67N15O9S2. The van der Waals surface area contributed by atoms with Crippen molar-refractivity contribution in [1.82, 2.24) is 55.7 Å². The first-order valence-corrected chi connectivity index (χ1v) is 22.0. The molecule has 1 aliphatic heterocycles. The number of azide groups is 1. The number of quaternary nitrogens is 1. The molecule has 2 aromatic heterocycles. The van der Waals surface area contributed by atoms with Gasteiger partial charge in [0.25, 0.3) is 10.1 Å². The van der Waals surface area contributed by atoms with Gasteiger partial charge in [0.05, 0.1) is 94.8 Å². The summed E-state index contributed by atoms with van der Waals surface area (Å²) < 4.78 is 60.6. The molecule has 1 saturated heterocycles. The Morgan fingerprint density at radius 2 is 1.44 bits per heavy atom. The fourth-order valence-electron chi connectivity index (χ4n) is 3.99. The Hall–Kier alpha value is -5.52. The van der Waals surface area contributed by atoms with Gasteiger partial charge in [0.15, 0.2) is 0 Å². The van der Waals surface area contributed by atoms with Gasteiger partial charge in [0, 0.05) is 36.7 Å². The number of rotatable bonds is 21. The predicted octanol–water partition coefficient (Wildman–Crippen LogP) is -0.113. The van der Waals surface area contributed by atoms with Gasteiger partial charge in [-0.05, 0) is 58.4 Å². The molecule has 3 amide bonds. The molecule has 0 unspecified atom stereocenters. The van der Waals surface area contributed by atoms with Gasteiger partial charge in [0.2, 0.25) is 17.7 Å². The number of hydrogen-bond acceptors (Lipinski definition) is 16. The zero-order chi connectivity index (χ0) is 47.6. The van der Waals surface area contributed by atoms with E-state index < -0.39 is 20.2 Å². The van der Waals surface area contributed by atoms with E-state index in [0.717, 1.165) is 25.3 Å². The Morgan fingerprint density at radius 3 is 1.83 bits per heavy atom. The quantitative estimate of drug-likeness (QED) is 0.0215. The van der Waals surface area contributed by atoms with Crippen LogP contribution >= 0.6 is 0 Å². The zero-order valence-corrected chi connectivity index (χ0v) is 38.2. The van der Waals surface area contributed by atoms with Crippen LogP contribution in [-0.2, 0) is 65.0 Å². The Bertz CT molecular complexity index is 1960. The van der Waals surface area contributed by atoms with E-state index in [2.05, 4.69) is 81.3 Å². The van der Waals surface area contributed by atoms with Gasteiger partial charge in [-0.25, -0.2) is 13.1 Å². The third-order valence-electron chi connectivity index (χ3n) is 7.36. The summed E-state index contributed by atoms with van der Waals surface area (Å²) in [5, 5.41) is 26.8. The smallest absolute Gasteiger partial charge is 0.267 e. The molecule has 0 spiro atoms. The summed E-state index contributed by atoms with van der Waals surface area (Å²) in [4.78, 5) is 38.9. The van der Waals surface area contributed by atoms with E-state index in [0.29, 0.717) is 62.3 Å². The lowest BCUT2D eigenvalue weighted by molar-refractivity contribution is -0.891. The first kappa shape index (κ1) is 61.8. The minimum Gasteiger partial charge on any atom is -0.748 e. The number of aromatic nitrogens is 6. The lowest BCUT2D eigenvalue weighted by Gasteiger charge is -2.29. The van der Waals surface area contributed by atoms with E-state index in [1.807, 2.05) is 53.4 Å². The molecule has 0 aromatic carbocycles. The highest BCUT2D eigenvalue weighted by Crippen LogP contribution is 2.05. The normalized spacial score (nSPS) is 12.2. The number of likely N-dealkylation sites (N-methyl/N-ethyl adjacent to an activating group) is 3. The number of nitrogens with zero attached hydrogens (tertiary/aromatic N) is 12. The molecule has 0 aliphatic carbocycles. The predicted molar refractivity (Wildman–Crippen MR) is 239 cm³/mol. The molecule has 3 rings (SSSR count). The van der Waals surface area contributed by atoms with E-state index in [-0.39, 0.29) is 49.7 Å². The average Bonchev–Trinajstić information content (AvgIpc) is 3.98. The summed E-state index contributed by atoms with van der Waals surface area (Å²) in [6, 6.07) is 0. The fraction of sp³-hybridized carbons (Fsp3) is 0.595. The van der Waals surface area contributed by atoms with Crippen LogP contribution in [0.4, 0.5) is 0 Å². The second kappa shape index (κ2) is 35.0. The molecule has 63 heavy (non-hydrogen) atoms. The van der Waals surface area contributed by atoms with E-state index in [9.17, 15) is 35.8 Å². The number of amides is 3. The van der Waals surface area contributed by atoms with Gasteiger partial charge in [-0.1, -0.05) is 48.6 Å². The van der Waals surface area contributed by atoms with Gasteiger partial charge in [0.1, 0.15) is 11.4 Å². The van der Waals surface area contributed by atoms with E-state index in [4.69, 9.17) is 12.0 Å². The van der Waals surface area contributed by atoms with Crippen LogP contribution < -0.4 is 16.0 Å². The van der Waals surface area contributed by atoms with Crippen LogP contribution in [0.3, 0.4) is 0 Å². The standard InChI is InChI=1S/C13H23N5O4S.C10H17N5O.C6H7NO.C4H10N4.C3H6O3S.CH4/c1-4-13(19)14-10-12-11-17(16-15-12)6-8-18(2,3)7-5-9-23(20,21)22;1-4-10(16)11-7-9-8-15(13-12-9)6-5-14(2)3;1-3-5-7-6(8)4-2;1-8(2)4-3-6-7-5;4-7(5)3-1-2-6-7;/h4,11H,1,5-10H2,2-3H3,(H-,14,19,20,21,22);4,8H,1,5-7H2,2-3H3,(H,11,16);1,4H,2,5H2,(H,7,8);3-4H2,1-2H3;1-3H2;1H4. The third kappa shape index (κ3) is 39.1. The topological polar surface area (TPSA) is 305 Å².